The van der Waals surface area contributed by atoms with Crippen LogP contribution in [-0.2, 0) is 11.8 Å². The van der Waals surface area contributed by atoms with E-state index >= 15 is 0 Å². The van der Waals surface area contributed by atoms with E-state index in [0.717, 1.165) is 24.7 Å². The topological polar surface area (TPSA) is 65.8 Å². The summed E-state index contributed by atoms with van der Waals surface area (Å²) < 4.78 is 1.71. The number of aliphatic imine (C=N–C) groups is 1. The van der Waals surface area contributed by atoms with E-state index in [1.54, 1.807) is 27.1 Å². The number of guanidine groups is 1. The molecule has 0 bridgehead atoms. The smallest absolute Gasteiger partial charge is 0.246 e. The maximum atomic E-state index is 12.6. The molecule has 1 aliphatic heterocycles. The highest BCUT2D eigenvalue weighted by atomic mass is 127. The molecule has 1 amide bonds. The van der Waals surface area contributed by atoms with Crippen molar-refractivity contribution in [1.29, 1.82) is 0 Å². The van der Waals surface area contributed by atoms with Crippen molar-refractivity contribution < 1.29 is 4.79 Å². The third-order valence-corrected chi connectivity index (χ3v) is 5.19. The summed E-state index contributed by atoms with van der Waals surface area (Å²) in [6.07, 6.45) is 3.60. The molecular weight excluding hydrogens is 475 g/mol. The van der Waals surface area contributed by atoms with Crippen molar-refractivity contribution in [3.63, 3.8) is 0 Å². The Balaban J connectivity index is 0.00000261. The van der Waals surface area contributed by atoms with Gasteiger partial charge in [-0.25, -0.2) is 0 Å². The molecule has 0 radical (unpaired) electrons. The number of aromatic nitrogens is 2. The number of halogens is 1. The molecule has 1 fully saturated rings. The van der Waals surface area contributed by atoms with E-state index < -0.39 is 0 Å². The van der Waals surface area contributed by atoms with Crippen molar-refractivity contribution in [2.24, 2.45) is 12.0 Å². The summed E-state index contributed by atoms with van der Waals surface area (Å²) in [7, 11) is 1.86. The van der Waals surface area contributed by atoms with Crippen LogP contribution in [0.4, 0.5) is 5.69 Å². The van der Waals surface area contributed by atoms with Gasteiger partial charge in [-0.1, -0.05) is 6.92 Å². The summed E-state index contributed by atoms with van der Waals surface area (Å²) in [5.41, 5.74) is 2.16. The second kappa shape index (κ2) is 10.1. The summed E-state index contributed by atoms with van der Waals surface area (Å²) in [4.78, 5) is 21.2. The lowest BCUT2D eigenvalue weighted by Gasteiger charge is -2.35. The van der Waals surface area contributed by atoms with Gasteiger partial charge in [0.05, 0.1) is 11.9 Å². The van der Waals surface area contributed by atoms with Crippen molar-refractivity contribution in [3.8, 4) is 0 Å². The fourth-order valence-corrected chi connectivity index (χ4v) is 3.77. The predicted molar refractivity (Wildman–Crippen MR) is 121 cm³/mol. The number of piperazine rings is 1. The Labute approximate surface area is 181 Å². The lowest BCUT2D eigenvalue weighted by Crippen LogP contribution is -2.55. The Bertz CT molecular complexity index is 760. The average molecular weight is 502 g/mol. The molecule has 0 aromatic carbocycles. The van der Waals surface area contributed by atoms with E-state index in [9.17, 15) is 4.79 Å². The van der Waals surface area contributed by atoms with Crippen molar-refractivity contribution in [1.82, 2.24) is 20.0 Å². The Morgan fingerprint density at radius 3 is 2.85 bits per heavy atom. The zero-order valence-corrected chi connectivity index (χ0v) is 19.1. The van der Waals surface area contributed by atoms with E-state index in [0.29, 0.717) is 25.6 Å². The standard InChI is InChI=1S/C18H26N6OS.HI/c1-4-19-18(20-9-14(2)15-5-8-26-13-15)23-6-7-24(17(25)12-23)16-10-21-22(3)11-16;/h5,8,10-11,13-14H,4,6-7,9,12H2,1-3H3,(H,19,20);1H. The van der Waals surface area contributed by atoms with Crippen LogP contribution >= 0.6 is 35.3 Å². The Kier molecular flexibility index (Phi) is 8.08. The molecule has 0 aliphatic carbocycles. The van der Waals surface area contributed by atoms with Gasteiger partial charge in [0.1, 0.15) is 6.54 Å². The molecule has 0 spiro atoms. The first-order valence-corrected chi connectivity index (χ1v) is 9.87. The third kappa shape index (κ3) is 5.44. The molecule has 1 atom stereocenters. The van der Waals surface area contributed by atoms with Crippen LogP contribution in [0.15, 0.2) is 34.2 Å². The second-order valence-corrected chi connectivity index (χ2v) is 7.27. The van der Waals surface area contributed by atoms with Gasteiger partial charge in [-0.2, -0.15) is 16.4 Å². The van der Waals surface area contributed by atoms with Crippen LogP contribution in [0.2, 0.25) is 0 Å². The molecule has 3 rings (SSSR count). The van der Waals surface area contributed by atoms with E-state index in [4.69, 9.17) is 4.99 Å². The molecule has 7 nitrogen and oxygen atoms in total. The average Bonchev–Trinajstić information content (AvgIpc) is 3.30. The molecule has 2 aromatic heterocycles. The molecule has 1 N–H and O–H groups in total. The molecule has 1 unspecified atom stereocenters. The lowest BCUT2D eigenvalue weighted by molar-refractivity contribution is -0.120. The maximum Gasteiger partial charge on any atom is 0.246 e. The molecule has 1 aliphatic rings. The Morgan fingerprint density at radius 1 is 1.44 bits per heavy atom. The van der Waals surface area contributed by atoms with Crippen LogP contribution in [0, 0.1) is 0 Å². The number of nitrogens with one attached hydrogen (secondary N) is 1. The maximum absolute atomic E-state index is 12.6. The number of hydrogen-bond acceptors (Lipinski definition) is 4. The molecule has 1 saturated heterocycles. The minimum atomic E-state index is 0. The summed E-state index contributed by atoms with van der Waals surface area (Å²) >= 11 is 1.71. The molecule has 0 saturated carbocycles. The normalized spacial score (nSPS) is 16.3. The number of amides is 1. The van der Waals surface area contributed by atoms with Gasteiger partial charge in [0.15, 0.2) is 5.96 Å². The number of rotatable bonds is 5. The van der Waals surface area contributed by atoms with Gasteiger partial charge >= 0.3 is 0 Å². The fraction of sp³-hybridized carbons (Fsp3) is 0.500. The van der Waals surface area contributed by atoms with Crippen LogP contribution in [0.1, 0.15) is 25.3 Å². The SMILES string of the molecule is CCNC(=NCC(C)c1ccsc1)N1CCN(c2cnn(C)c2)C(=O)C1.I. The summed E-state index contributed by atoms with van der Waals surface area (Å²) in [5.74, 6) is 1.25. The predicted octanol–water partition coefficient (Wildman–Crippen LogP) is 2.52. The van der Waals surface area contributed by atoms with Gasteiger partial charge < -0.3 is 15.1 Å². The van der Waals surface area contributed by atoms with Crippen LogP contribution < -0.4 is 10.2 Å². The first kappa shape index (κ1) is 21.7. The molecule has 2 aromatic rings. The lowest BCUT2D eigenvalue weighted by atomic mass is 10.1. The van der Waals surface area contributed by atoms with Crippen LogP contribution in [0.25, 0.3) is 0 Å². The molecule has 9 heteroatoms. The molecular formula is C18H27IN6OS. The molecule has 27 heavy (non-hydrogen) atoms. The second-order valence-electron chi connectivity index (χ2n) is 6.49. The Morgan fingerprint density at radius 2 is 2.26 bits per heavy atom. The van der Waals surface area contributed by atoms with Gasteiger partial charge in [-0.15, -0.1) is 24.0 Å². The van der Waals surface area contributed by atoms with Gasteiger partial charge in [0.2, 0.25) is 5.91 Å². The minimum absolute atomic E-state index is 0. The van der Waals surface area contributed by atoms with Gasteiger partial charge in [0.25, 0.3) is 0 Å². The van der Waals surface area contributed by atoms with Crippen molar-refractivity contribution in [2.45, 2.75) is 19.8 Å². The van der Waals surface area contributed by atoms with Crippen molar-refractivity contribution in [2.75, 3.05) is 37.6 Å². The first-order chi connectivity index (χ1) is 12.6. The Hall–Kier alpha value is -1.62. The zero-order chi connectivity index (χ0) is 18.5. The number of carbonyl (C=O) groups is 1. The fourth-order valence-electron chi connectivity index (χ4n) is 2.98. The van der Waals surface area contributed by atoms with Crippen LogP contribution in [-0.4, -0.2) is 59.3 Å². The van der Waals surface area contributed by atoms with E-state index in [1.165, 1.54) is 5.56 Å². The number of anilines is 1. The first-order valence-electron chi connectivity index (χ1n) is 8.92. The summed E-state index contributed by atoms with van der Waals surface area (Å²) in [5, 5.41) is 11.7. The van der Waals surface area contributed by atoms with Crippen molar-refractivity contribution >= 4 is 52.9 Å². The van der Waals surface area contributed by atoms with E-state index in [2.05, 4.69) is 34.2 Å². The quantitative estimate of drug-likeness (QED) is 0.388. The summed E-state index contributed by atoms with van der Waals surface area (Å²) in [6, 6.07) is 2.15. The molecule has 3 heterocycles. The van der Waals surface area contributed by atoms with E-state index in [1.807, 2.05) is 25.1 Å². The number of carbonyl (C=O) groups excluding carboxylic acids is 1. The zero-order valence-electron chi connectivity index (χ0n) is 16.0. The highest BCUT2D eigenvalue weighted by Crippen LogP contribution is 2.19. The van der Waals surface area contributed by atoms with Crippen molar-refractivity contribution in [3.05, 3.63) is 34.8 Å². The number of hydrogen-bond donors (Lipinski definition) is 1. The van der Waals surface area contributed by atoms with Crippen LogP contribution in [0.3, 0.4) is 0 Å². The number of aryl methyl sites for hydroxylation is 1. The van der Waals surface area contributed by atoms with Crippen LogP contribution in [0.5, 0.6) is 0 Å². The monoisotopic (exact) mass is 502 g/mol. The summed E-state index contributed by atoms with van der Waals surface area (Å²) in [6.45, 7) is 7.42. The number of thiophene rings is 1. The minimum Gasteiger partial charge on any atom is -0.357 e. The number of nitrogens with zero attached hydrogens (tertiary/aromatic N) is 5. The van der Waals surface area contributed by atoms with Gasteiger partial charge in [-0.05, 0) is 29.3 Å². The third-order valence-electron chi connectivity index (χ3n) is 4.49. The largest absolute Gasteiger partial charge is 0.357 e. The highest BCUT2D eigenvalue weighted by molar-refractivity contribution is 14.0. The van der Waals surface area contributed by atoms with Gasteiger partial charge in [0, 0.05) is 45.3 Å². The molecule has 148 valence electrons. The van der Waals surface area contributed by atoms with Gasteiger partial charge in [-0.3, -0.25) is 14.5 Å². The highest BCUT2D eigenvalue weighted by Gasteiger charge is 2.27. The van der Waals surface area contributed by atoms with E-state index in [-0.39, 0.29) is 29.9 Å².